The van der Waals surface area contributed by atoms with Gasteiger partial charge in [-0.05, 0) is 24.6 Å². The molecular weight excluding hydrogens is 202 g/mol. The van der Waals surface area contributed by atoms with Gasteiger partial charge < -0.3 is 5.73 Å². The van der Waals surface area contributed by atoms with Crippen LogP contribution in [0.25, 0.3) is 5.57 Å². The quantitative estimate of drug-likeness (QED) is 0.711. The number of anilines is 1. The Labute approximate surface area is 75.0 Å². The van der Waals surface area contributed by atoms with E-state index in [1.165, 1.54) is 0 Å². The van der Waals surface area contributed by atoms with Crippen LogP contribution in [0.1, 0.15) is 12.5 Å². The fourth-order valence-corrected chi connectivity index (χ4v) is 1.71. The first-order valence-corrected chi connectivity index (χ1v) is 4.12. The summed E-state index contributed by atoms with van der Waals surface area (Å²) in [6.45, 7) is 5.78. The summed E-state index contributed by atoms with van der Waals surface area (Å²) in [4.78, 5) is 0. The van der Waals surface area contributed by atoms with Crippen LogP contribution in [0.2, 0.25) is 0 Å². The molecule has 0 spiro atoms. The highest BCUT2D eigenvalue weighted by molar-refractivity contribution is 9.10. The minimum Gasteiger partial charge on any atom is -0.398 e. The molecule has 1 aromatic rings. The predicted molar refractivity (Wildman–Crippen MR) is 53.3 cm³/mol. The lowest BCUT2D eigenvalue weighted by Crippen LogP contribution is -1.91. The SMILES string of the molecule is C=C(C)c1c(N)cccc1Br. The molecule has 2 N–H and O–H groups in total. The van der Waals surface area contributed by atoms with Crippen molar-refractivity contribution in [3.05, 3.63) is 34.8 Å². The Morgan fingerprint density at radius 2 is 2.18 bits per heavy atom. The Balaban J connectivity index is 3.32. The van der Waals surface area contributed by atoms with Crippen molar-refractivity contribution in [1.82, 2.24) is 0 Å². The second-order valence-electron chi connectivity index (χ2n) is 2.48. The van der Waals surface area contributed by atoms with E-state index < -0.39 is 0 Å². The lowest BCUT2D eigenvalue weighted by molar-refractivity contribution is 1.53. The van der Waals surface area contributed by atoms with Crippen molar-refractivity contribution in [3.63, 3.8) is 0 Å². The smallest absolute Gasteiger partial charge is 0.0401 e. The van der Waals surface area contributed by atoms with Crippen molar-refractivity contribution in [2.75, 3.05) is 5.73 Å². The zero-order chi connectivity index (χ0) is 8.43. The van der Waals surface area contributed by atoms with Crippen LogP contribution in [-0.2, 0) is 0 Å². The molecule has 0 saturated carbocycles. The summed E-state index contributed by atoms with van der Waals surface area (Å²) in [5.74, 6) is 0. The van der Waals surface area contributed by atoms with Gasteiger partial charge in [0.05, 0.1) is 0 Å². The highest BCUT2D eigenvalue weighted by atomic mass is 79.9. The number of rotatable bonds is 1. The summed E-state index contributed by atoms with van der Waals surface area (Å²) < 4.78 is 1.00. The normalized spacial score (nSPS) is 9.64. The summed E-state index contributed by atoms with van der Waals surface area (Å²) in [5, 5.41) is 0. The number of hydrogen-bond acceptors (Lipinski definition) is 1. The summed E-state index contributed by atoms with van der Waals surface area (Å²) in [6.07, 6.45) is 0. The van der Waals surface area contributed by atoms with Crippen molar-refractivity contribution in [2.24, 2.45) is 0 Å². The Bertz CT molecular complexity index is 271. The third-order valence-electron chi connectivity index (χ3n) is 1.47. The minimum absolute atomic E-state index is 0.770. The molecule has 1 rings (SSSR count). The molecule has 11 heavy (non-hydrogen) atoms. The molecular formula is C9H10BrN. The van der Waals surface area contributed by atoms with Gasteiger partial charge in [-0.2, -0.15) is 0 Å². The van der Waals surface area contributed by atoms with Gasteiger partial charge in [-0.3, -0.25) is 0 Å². The van der Waals surface area contributed by atoms with Crippen LogP contribution in [0, 0.1) is 0 Å². The third kappa shape index (κ3) is 1.63. The number of hydrogen-bond donors (Lipinski definition) is 1. The average Bonchev–Trinajstić information content (AvgIpc) is 1.85. The van der Waals surface area contributed by atoms with Gasteiger partial charge in [-0.15, -0.1) is 0 Å². The molecule has 0 bridgehead atoms. The van der Waals surface area contributed by atoms with E-state index in [2.05, 4.69) is 22.5 Å². The van der Waals surface area contributed by atoms with Crippen LogP contribution in [0.5, 0.6) is 0 Å². The third-order valence-corrected chi connectivity index (χ3v) is 2.13. The van der Waals surface area contributed by atoms with Gasteiger partial charge in [0.2, 0.25) is 0 Å². The second kappa shape index (κ2) is 3.09. The van der Waals surface area contributed by atoms with E-state index in [9.17, 15) is 0 Å². The molecule has 58 valence electrons. The van der Waals surface area contributed by atoms with Gasteiger partial charge in [-0.1, -0.05) is 28.6 Å². The van der Waals surface area contributed by atoms with Gasteiger partial charge in [-0.25, -0.2) is 0 Å². The molecule has 1 nitrogen and oxygen atoms in total. The fraction of sp³-hybridized carbons (Fsp3) is 0.111. The molecule has 1 aromatic carbocycles. The molecule has 0 aliphatic rings. The van der Waals surface area contributed by atoms with Crippen LogP contribution in [0.3, 0.4) is 0 Å². The lowest BCUT2D eigenvalue weighted by Gasteiger charge is -2.06. The van der Waals surface area contributed by atoms with Crippen LogP contribution in [0.15, 0.2) is 29.3 Å². The maximum absolute atomic E-state index is 5.73. The van der Waals surface area contributed by atoms with Crippen molar-refractivity contribution in [3.8, 4) is 0 Å². The molecule has 0 amide bonds. The highest BCUT2D eigenvalue weighted by Gasteiger charge is 2.02. The Hall–Kier alpha value is -0.760. The van der Waals surface area contributed by atoms with E-state index in [0.717, 1.165) is 21.3 Å². The molecule has 0 saturated heterocycles. The molecule has 0 unspecified atom stereocenters. The van der Waals surface area contributed by atoms with Gasteiger partial charge in [0.1, 0.15) is 0 Å². The predicted octanol–water partition coefficient (Wildman–Crippen LogP) is 3.06. The van der Waals surface area contributed by atoms with E-state index in [1.807, 2.05) is 25.1 Å². The van der Waals surface area contributed by atoms with Crippen molar-refractivity contribution in [2.45, 2.75) is 6.92 Å². The number of nitrogen functional groups attached to an aromatic ring is 1. The monoisotopic (exact) mass is 211 g/mol. The first-order valence-electron chi connectivity index (χ1n) is 3.33. The maximum Gasteiger partial charge on any atom is 0.0401 e. The Kier molecular flexibility index (Phi) is 2.35. The van der Waals surface area contributed by atoms with Gasteiger partial charge >= 0.3 is 0 Å². The van der Waals surface area contributed by atoms with Crippen LogP contribution < -0.4 is 5.73 Å². The van der Waals surface area contributed by atoms with Crippen LogP contribution in [0.4, 0.5) is 5.69 Å². The van der Waals surface area contributed by atoms with Gasteiger partial charge in [0.25, 0.3) is 0 Å². The second-order valence-corrected chi connectivity index (χ2v) is 3.34. The molecule has 0 aliphatic heterocycles. The molecule has 0 aliphatic carbocycles. The van der Waals surface area contributed by atoms with Crippen molar-refractivity contribution in [1.29, 1.82) is 0 Å². The van der Waals surface area contributed by atoms with Crippen molar-refractivity contribution >= 4 is 27.2 Å². The number of allylic oxidation sites excluding steroid dienone is 1. The molecule has 0 fully saturated rings. The minimum atomic E-state index is 0.770. The topological polar surface area (TPSA) is 26.0 Å². The molecule has 0 aromatic heterocycles. The van der Waals surface area contributed by atoms with E-state index >= 15 is 0 Å². The highest BCUT2D eigenvalue weighted by Crippen LogP contribution is 2.27. The number of halogens is 1. The van der Waals surface area contributed by atoms with Gasteiger partial charge in [0.15, 0.2) is 0 Å². The molecule has 0 atom stereocenters. The zero-order valence-corrected chi connectivity index (χ0v) is 7.98. The standard InChI is InChI=1S/C9H10BrN/c1-6(2)9-7(10)4-3-5-8(9)11/h3-5H,1,11H2,2H3. The van der Waals surface area contributed by atoms with Gasteiger partial charge in [0, 0.05) is 15.7 Å². The number of benzene rings is 1. The van der Waals surface area contributed by atoms with Crippen LogP contribution >= 0.6 is 15.9 Å². The maximum atomic E-state index is 5.73. The summed E-state index contributed by atoms with van der Waals surface area (Å²) >= 11 is 3.41. The van der Waals surface area contributed by atoms with E-state index in [-0.39, 0.29) is 0 Å². The summed E-state index contributed by atoms with van der Waals surface area (Å²) in [7, 11) is 0. The Morgan fingerprint density at radius 3 is 2.55 bits per heavy atom. The van der Waals surface area contributed by atoms with E-state index in [0.29, 0.717) is 0 Å². The first-order chi connectivity index (χ1) is 5.13. The Morgan fingerprint density at radius 1 is 1.55 bits per heavy atom. The largest absolute Gasteiger partial charge is 0.398 e. The molecule has 2 heteroatoms. The first kappa shape index (κ1) is 8.34. The number of nitrogens with two attached hydrogens (primary N) is 1. The molecule has 0 heterocycles. The fourth-order valence-electron chi connectivity index (χ4n) is 0.991. The lowest BCUT2D eigenvalue weighted by atomic mass is 10.1. The average molecular weight is 212 g/mol. The molecule has 0 radical (unpaired) electrons. The zero-order valence-electron chi connectivity index (χ0n) is 6.39. The summed E-state index contributed by atoms with van der Waals surface area (Å²) in [5.41, 5.74) is 8.49. The van der Waals surface area contributed by atoms with E-state index in [4.69, 9.17) is 5.73 Å². The van der Waals surface area contributed by atoms with Crippen molar-refractivity contribution < 1.29 is 0 Å². The van der Waals surface area contributed by atoms with E-state index in [1.54, 1.807) is 0 Å². The van der Waals surface area contributed by atoms with Crippen LogP contribution in [-0.4, -0.2) is 0 Å². The summed E-state index contributed by atoms with van der Waals surface area (Å²) in [6, 6.07) is 5.74.